The van der Waals surface area contributed by atoms with Crippen molar-refractivity contribution in [1.82, 2.24) is 0 Å². The largest absolute Gasteiger partial charge is 0.475 e. The molecule has 5 atom stereocenters. The molecule has 2 bridgehead atoms. The molecule has 3 nitrogen and oxygen atoms in total. The van der Waals surface area contributed by atoms with Crippen LogP contribution in [-0.4, -0.2) is 24.8 Å². The number of hydrogen-bond donors (Lipinski definition) is 1. The van der Waals surface area contributed by atoms with Crippen LogP contribution in [0.1, 0.15) is 40.5 Å². The topological polar surface area (TPSA) is 44.5 Å². The van der Waals surface area contributed by atoms with E-state index >= 15 is 0 Å². The first-order valence-electron chi connectivity index (χ1n) is 6.44. The molecule has 16 heavy (non-hydrogen) atoms. The Labute approximate surface area is 98.2 Å². The Morgan fingerprint density at radius 3 is 2.56 bits per heavy atom. The molecular weight excluding hydrogens is 201 g/mol. The van der Waals surface area contributed by atoms with Gasteiger partial charge in [-0.1, -0.05) is 20.8 Å². The fourth-order valence-corrected chi connectivity index (χ4v) is 4.13. The van der Waals surface area contributed by atoms with Gasteiger partial charge in [0, 0.05) is 5.94 Å². The van der Waals surface area contributed by atoms with Crippen LogP contribution in [0.2, 0.25) is 0 Å². The Morgan fingerprint density at radius 1 is 1.31 bits per heavy atom. The molecule has 3 aliphatic carbocycles. The van der Waals surface area contributed by atoms with Crippen LogP contribution in [0.25, 0.3) is 0 Å². The molecule has 0 radical (unpaired) electrons. The minimum Gasteiger partial charge on any atom is -0.404 e. The summed E-state index contributed by atoms with van der Waals surface area (Å²) in [5.41, 5.74) is 6.20. The van der Waals surface area contributed by atoms with Crippen molar-refractivity contribution in [2.45, 2.75) is 58.2 Å². The highest BCUT2D eigenvalue weighted by molar-refractivity contribution is 6.47. The summed E-state index contributed by atoms with van der Waals surface area (Å²) >= 11 is 0. The highest BCUT2D eigenvalue weighted by atomic mass is 16.7. The van der Waals surface area contributed by atoms with Gasteiger partial charge in [-0.25, -0.2) is 0 Å². The summed E-state index contributed by atoms with van der Waals surface area (Å²) < 4.78 is 12.1. The normalized spacial score (nSPS) is 50.8. The lowest BCUT2D eigenvalue weighted by molar-refractivity contribution is -0.199. The fraction of sp³-hybridized carbons (Fsp3) is 1.00. The summed E-state index contributed by atoms with van der Waals surface area (Å²) in [5, 5.41) is 0. The van der Waals surface area contributed by atoms with Gasteiger partial charge >= 0.3 is 7.12 Å². The SMILES string of the molecule is C[C@H](N)B1OC2C[C@@H]3C[C@@H](C3(C)C)[C@]2(C)O1. The van der Waals surface area contributed by atoms with Crippen molar-refractivity contribution >= 4 is 7.12 Å². The zero-order chi connectivity index (χ0) is 11.7. The van der Waals surface area contributed by atoms with Crippen molar-refractivity contribution in [3.8, 4) is 0 Å². The fourth-order valence-electron chi connectivity index (χ4n) is 4.13. The van der Waals surface area contributed by atoms with Crippen LogP contribution in [0.3, 0.4) is 0 Å². The maximum Gasteiger partial charge on any atom is 0.475 e. The molecule has 3 saturated carbocycles. The molecule has 0 aromatic carbocycles. The monoisotopic (exact) mass is 223 g/mol. The van der Waals surface area contributed by atoms with Gasteiger partial charge in [-0.2, -0.15) is 0 Å². The Hall–Kier alpha value is -0.0551. The van der Waals surface area contributed by atoms with Crippen molar-refractivity contribution in [1.29, 1.82) is 0 Å². The first kappa shape index (κ1) is 11.1. The van der Waals surface area contributed by atoms with Crippen molar-refractivity contribution in [3.05, 3.63) is 0 Å². The molecule has 4 fully saturated rings. The van der Waals surface area contributed by atoms with Crippen LogP contribution in [0.4, 0.5) is 0 Å². The third kappa shape index (κ3) is 1.16. The molecular formula is C12H22BNO2. The Kier molecular flexibility index (Phi) is 2.10. The van der Waals surface area contributed by atoms with E-state index in [0.717, 1.165) is 12.3 Å². The van der Waals surface area contributed by atoms with Crippen LogP contribution in [0.15, 0.2) is 0 Å². The summed E-state index contributed by atoms with van der Waals surface area (Å²) in [5.74, 6) is 1.40. The van der Waals surface area contributed by atoms with Gasteiger partial charge in [-0.05, 0) is 37.0 Å². The van der Waals surface area contributed by atoms with Gasteiger partial charge in [0.2, 0.25) is 0 Å². The van der Waals surface area contributed by atoms with Crippen LogP contribution in [0, 0.1) is 17.3 Å². The van der Waals surface area contributed by atoms with Gasteiger partial charge in [-0.3, -0.25) is 0 Å². The van der Waals surface area contributed by atoms with E-state index < -0.39 is 0 Å². The predicted molar refractivity (Wildman–Crippen MR) is 63.8 cm³/mol. The van der Waals surface area contributed by atoms with E-state index in [0.29, 0.717) is 11.3 Å². The van der Waals surface area contributed by atoms with E-state index in [4.69, 9.17) is 15.0 Å². The maximum atomic E-state index is 6.15. The first-order chi connectivity index (χ1) is 7.35. The minimum atomic E-state index is -0.204. The lowest BCUT2D eigenvalue weighted by Crippen LogP contribution is -2.65. The van der Waals surface area contributed by atoms with Gasteiger partial charge < -0.3 is 15.0 Å². The molecule has 1 aliphatic heterocycles. The van der Waals surface area contributed by atoms with Gasteiger partial charge in [0.05, 0.1) is 11.7 Å². The third-order valence-corrected chi connectivity index (χ3v) is 5.40. The molecule has 2 N–H and O–H groups in total. The molecule has 90 valence electrons. The molecule has 0 aromatic heterocycles. The summed E-state index contributed by atoms with van der Waals surface area (Å²) in [6.45, 7) is 8.93. The molecule has 4 heteroatoms. The lowest BCUT2D eigenvalue weighted by atomic mass is 9.43. The van der Waals surface area contributed by atoms with Crippen molar-refractivity contribution in [3.63, 3.8) is 0 Å². The van der Waals surface area contributed by atoms with Crippen molar-refractivity contribution in [2.75, 3.05) is 0 Å². The zero-order valence-corrected chi connectivity index (χ0v) is 10.7. The molecule has 4 aliphatic rings. The summed E-state index contributed by atoms with van der Waals surface area (Å²) in [4.78, 5) is 0. The van der Waals surface area contributed by atoms with Crippen LogP contribution < -0.4 is 5.73 Å². The van der Waals surface area contributed by atoms with Crippen LogP contribution in [-0.2, 0) is 9.31 Å². The second kappa shape index (κ2) is 3.03. The molecule has 1 unspecified atom stereocenters. The van der Waals surface area contributed by atoms with E-state index in [1.807, 2.05) is 6.92 Å². The average molecular weight is 223 g/mol. The summed E-state index contributed by atoms with van der Waals surface area (Å²) in [7, 11) is -0.204. The lowest BCUT2D eigenvalue weighted by Gasteiger charge is -2.64. The number of hydrogen-bond acceptors (Lipinski definition) is 3. The van der Waals surface area contributed by atoms with E-state index in [9.17, 15) is 0 Å². The van der Waals surface area contributed by atoms with E-state index in [1.54, 1.807) is 0 Å². The average Bonchev–Trinajstić information content (AvgIpc) is 2.54. The standard InChI is InChI=1S/C12H22BNO2/c1-7(14)13-15-10-6-8-5-9(11(8,2)3)12(10,4)16-13/h7-10H,5-6,14H2,1-4H3/t7-,8-,9-,10?,12-/m0/s1. The molecule has 0 spiro atoms. The molecule has 0 amide bonds. The van der Waals surface area contributed by atoms with Crippen molar-refractivity contribution < 1.29 is 9.31 Å². The van der Waals surface area contributed by atoms with Crippen LogP contribution >= 0.6 is 0 Å². The second-order valence-electron chi connectivity index (χ2n) is 6.70. The van der Waals surface area contributed by atoms with E-state index in [-0.39, 0.29) is 24.8 Å². The van der Waals surface area contributed by atoms with Gasteiger partial charge in [0.25, 0.3) is 0 Å². The van der Waals surface area contributed by atoms with Gasteiger partial charge in [0.15, 0.2) is 0 Å². The zero-order valence-electron chi connectivity index (χ0n) is 10.7. The summed E-state index contributed by atoms with van der Waals surface area (Å²) in [6, 6.07) is 0. The predicted octanol–water partition coefficient (Wildman–Crippen LogP) is 1.60. The number of rotatable bonds is 1. The molecule has 1 saturated heterocycles. The Morgan fingerprint density at radius 2 is 2.00 bits per heavy atom. The second-order valence-corrected chi connectivity index (χ2v) is 6.70. The van der Waals surface area contributed by atoms with Crippen molar-refractivity contribution in [2.24, 2.45) is 23.0 Å². The minimum absolute atomic E-state index is 0.0391. The smallest absolute Gasteiger partial charge is 0.404 e. The van der Waals surface area contributed by atoms with E-state index in [2.05, 4.69) is 20.8 Å². The van der Waals surface area contributed by atoms with Crippen LogP contribution in [0.5, 0.6) is 0 Å². The highest BCUT2D eigenvalue weighted by Gasteiger charge is 2.68. The Balaban J connectivity index is 1.87. The number of nitrogens with two attached hydrogens (primary N) is 1. The molecule has 4 rings (SSSR count). The highest BCUT2D eigenvalue weighted by Crippen LogP contribution is 2.65. The molecule has 0 aromatic rings. The molecule has 1 heterocycles. The maximum absolute atomic E-state index is 6.15. The van der Waals surface area contributed by atoms with Gasteiger partial charge in [0.1, 0.15) is 0 Å². The Bertz CT molecular complexity index is 320. The van der Waals surface area contributed by atoms with E-state index in [1.165, 1.54) is 6.42 Å². The quantitative estimate of drug-likeness (QED) is 0.686. The van der Waals surface area contributed by atoms with Gasteiger partial charge in [-0.15, -0.1) is 0 Å². The first-order valence-corrected chi connectivity index (χ1v) is 6.44. The third-order valence-electron chi connectivity index (χ3n) is 5.40. The summed E-state index contributed by atoms with van der Waals surface area (Å²) in [6.07, 6.45) is 2.71.